The Balaban J connectivity index is 2.42. The Morgan fingerprint density at radius 3 is 2.45 bits per heavy atom. The van der Waals surface area contributed by atoms with Gasteiger partial charge in [-0.25, -0.2) is 0 Å². The van der Waals surface area contributed by atoms with Gasteiger partial charge in [-0.05, 0) is 19.4 Å². The molecular weight excluding hydrogens is 286 g/mol. The second kappa shape index (κ2) is 6.43. The Morgan fingerprint density at radius 2 is 1.91 bits per heavy atom. The third kappa shape index (κ3) is 2.86. The number of aliphatic hydroxyl groups excluding tert-OH is 1. The summed E-state index contributed by atoms with van der Waals surface area (Å²) in [6.45, 7) is 2.81. The fourth-order valence-electron chi connectivity index (χ4n) is 2.50. The fourth-order valence-corrected chi connectivity index (χ4v) is 2.50. The summed E-state index contributed by atoms with van der Waals surface area (Å²) in [6.07, 6.45) is 0. The van der Waals surface area contributed by atoms with E-state index in [0.29, 0.717) is 5.56 Å². The lowest BCUT2D eigenvalue weighted by Gasteiger charge is -2.25. The Morgan fingerprint density at radius 1 is 1.27 bits per heavy atom. The van der Waals surface area contributed by atoms with Crippen LogP contribution in [-0.4, -0.2) is 40.8 Å². The quantitative estimate of drug-likeness (QED) is 0.834. The number of Topliss-reactive ketones (excluding diaryl/α,β-unsaturated/α-hetero) is 1. The van der Waals surface area contributed by atoms with E-state index in [0.717, 1.165) is 4.90 Å². The molecule has 0 radical (unpaired) electrons. The fraction of sp³-hybridized carbons (Fsp3) is 0.312. The zero-order chi connectivity index (χ0) is 16.3. The lowest BCUT2D eigenvalue weighted by Crippen LogP contribution is -2.36. The average molecular weight is 303 g/mol. The van der Waals surface area contributed by atoms with Crippen LogP contribution in [0, 0.1) is 0 Å². The first-order chi connectivity index (χ1) is 10.5. The van der Waals surface area contributed by atoms with Gasteiger partial charge in [-0.1, -0.05) is 30.3 Å². The highest BCUT2D eigenvalue weighted by molar-refractivity contribution is 6.08. The van der Waals surface area contributed by atoms with E-state index < -0.39 is 29.5 Å². The van der Waals surface area contributed by atoms with Crippen LogP contribution in [0.3, 0.4) is 0 Å². The summed E-state index contributed by atoms with van der Waals surface area (Å²) in [4.78, 5) is 36.9. The van der Waals surface area contributed by atoms with E-state index >= 15 is 0 Å². The van der Waals surface area contributed by atoms with Gasteiger partial charge in [0.25, 0.3) is 5.91 Å². The molecule has 116 valence electrons. The molecule has 0 unspecified atom stereocenters. The summed E-state index contributed by atoms with van der Waals surface area (Å²) < 4.78 is 4.85. The lowest BCUT2D eigenvalue weighted by molar-refractivity contribution is -0.148. The summed E-state index contributed by atoms with van der Waals surface area (Å²) in [6, 6.07) is 8.00. The van der Waals surface area contributed by atoms with Crippen LogP contribution in [-0.2, 0) is 19.1 Å². The number of aliphatic hydroxyl groups is 1. The number of benzene rings is 1. The largest absolute Gasteiger partial charge is 0.503 e. The first-order valence-corrected chi connectivity index (χ1v) is 6.93. The average Bonchev–Trinajstić information content (AvgIpc) is 2.73. The predicted molar refractivity (Wildman–Crippen MR) is 77.9 cm³/mol. The topological polar surface area (TPSA) is 83.9 Å². The van der Waals surface area contributed by atoms with Crippen LogP contribution >= 0.6 is 0 Å². The smallest absolute Gasteiger partial charge is 0.325 e. The highest BCUT2D eigenvalue weighted by atomic mass is 16.5. The predicted octanol–water partition coefficient (Wildman–Crippen LogP) is 1.53. The monoisotopic (exact) mass is 303 g/mol. The van der Waals surface area contributed by atoms with Crippen LogP contribution in [0.5, 0.6) is 0 Å². The Labute approximate surface area is 128 Å². The second-order valence-electron chi connectivity index (χ2n) is 4.87. The number of carbonyl (C=O) groups excluding carboxylic acids is 3. The number of hydrogen-bond donors (Lipinski definition) is 1. The minimum absolute atomic E-state index is 0.000462. The van der Waals surface area contributed by atoms with Crippen molar-refractivity contribution in [2.24, 2.45) is 0 Å². The Bertz CT molecular complexity index is 635. The molecule has 2 rings (SSSR count). The molecule has 0 saturated heterocycles. The SMILES string of the molecule is CCOC(=O)CN1C(=O)C(O)=C(C(C)=O)[C@H]1c1ccccc1. The molecule has 1 amide bonds. The molecule has 0 saturated carbocycles. The van der Waals surface area contributed by atoms with Crippen molar-refractivity contribution < 1.29 is 24.2 Å². The number of ether oxygens (including phenoxy) is 1. The van der Waals surface area contributed by atoms with Crippen LogP contribution in [0.2, 0.25) is 0 Å². The summed E-state index contributed by atoms with van der Waals surface area (Å²) in [7, 11) is 0. The third-order valence-electron chi connectivity index (χ3n) is 3.40. The maximum Gasteiger partial charge on any atom is 0.325 e. The van der Waals surface area contributed by atoms with Crippen molar-refractivity contribution in [2.45, 2.75) is 19.9 Å². The van der Waals surface area contributed by atoms with E-state index in [2.05, 4.69) is 0 Å². The highest BCUT2D eigenvalue weighted by Crippen LogP contribution is 2.37. The molecule has 1 aliphatic rings. The molecule has 0 aromatic heterocycles. The Kier molecular flexibility index (Phi) is 4.60. The number of nitrogens with zero attached hydrogens (tertiary/aromatic N) is 1. The van der Waals surface area contributed by atoms with E-state index in [4.69, 9.17) is 4.74 Å². The molecule has 0 bridgehead atoms. The molecule has 1 N–H and O–H groups in total. The van der Waals surface area contributed by atoms with Gasteiger partial charge in [0.15, 0.2) is 11.5 Å². The van der Waals surface area contributed by atoms with Gasteiger partial charge >= 0.3 is 5.97 Å². The first kappa shape index (κ1) is 15.8. The molecule has 6 nitrogen and oxygen atoms in total. The van der Waals surface area contributed by atoms with Crippen LogP contribution in [0.4, 0.5) is 0 Å². The molecule has 1 aliphatic heterocycles. The van der Waals surface area contributed by atoms with Gasteiger partial charge in [0, 0.05) is 0 Å². The van der Waals surface area contributed by atoms with Crippen molar-refractivity contribution in [2.75, 3.05) is 13.2 Å². The number of ketones is 1. The van der Waals surface area contributed by atoms with Gasteiger partial charge < -0.3 is 14.7 Å². The van der Waals surface area contributed by atoms with Crippen molar-refractivity contribution in [3.05, 3.63) is 47.2 Å². The molecule has 1 atom stereocenters. The van der Waals surface area contributed by atoms with Gasteiger partial charge in [0.2, 0.25) is 0 Å². The number of hydrogen-bond acceptors (Lipinski definition) is 5. The van der Waals surface area contributed by atoms with Crippen molar-refractivity contribution in [1.82, 2.24) is 4.90 Å². The first-order valence-electron chi connectivity index (χ1n) is 6.93. The van der Waals surface area contributed by atoms with E-state index in [9.17, 15) is 19.5 Å². The van der Waals surface area contributed by atoms with Gasteiger partial charge in [0.05, 0.1) is 18.2 Å². The van der Waals surface area contributed by atoms with Crippen molar-refractivity contribution in [3.8, 4) is 0 Å². The minimum Gasteiger partial charge on any atom is -0.503 e. The van der Waals surface area contributed by atoms with Crippen LogP contribution < -0.4 is 0 Å². The molecule has 1 heterocycles. The second-order valence-corrected chi connectivity index (χ2v) is 4.87. The van der Waals surface area contributed by atoms with Crippen LogP contribution in [0.15, 0.2) is 41.7 Å². The Hall–Kier alpha value is -2.63. The van der Waals surface area contributed by atoms with E-state index in [1.165, 1.54) is 6.92 Å². The van der Waals surface area contributed by atoms with E-state index in [1.807, 2.05) is 0 Å². The molecule has 6 heteroatoms. The zero-order valence-electron chi connectivity index (χ0n) is 12.4. The van der Waals surface area contributed by atoms with Crippen LogP contribution in [0.25, 0.3) is 0 Å². The normalized spacial score (nSPS) is 17.8. The van der Waals surface area contributed by atoms with Gasteiger partial charge in [-0.2, -0.15) is 0 Å². The molecule has 0 fully saturated rings. The summed E-state index contributed by atoms with van der Waals surface area (Å²) in [5.74, 6) is -2.35. The standard InChI is InChI=1S/C16H17NO5/c1-3-22-12(19)9-17-14(11-7-5-4-6-8-11)13(10(2)18)15(20)16(17)21/h4-8,14,20H,3,9H2,1-2H3/t14-/m1/s1. The summed E-state index contributed by atoms with van der Waals surface area (Å²) in [5, 5.41) is 9.99. The molecule has 1 aromatic rings. The maximum atomic E-state index is 12.2. The van der Waals surface area contributed by atoms with Crippen LogP contribution in [0.1, 0.15) is 25.5 Å². The number of rotatable bonds is 5. The molecular formula is C16H17NO5. The van der Waals surface area contributed by atoms with Crippen molar-refractivity contribution in [1.29, 1.82) is 0 Å². The van der Waals surface area contributed by atoms with Gasteiger partial charge in [-0.15, -0.1) is 0 Å². The minimum atomic E-state index is -0.782. The third-order valence-corrected chi connectivity index (χ3v) is 3.40. The summed E-state index contributed by atoms with van der Waals surface area (Å²) in [5.41, 5.74) is 0.648. The maximum absolute atomic E-state index is 12.2. The van der Waals surface area contributed by atoms with E-state index in [-0.39, 0.29) is 18.7 Å². The molecule has 0 aliphatic carbocycles. The number of carbonyl (C=O) groups is 3. The highest BCUT2D eigenvalue weighted by Gasteiger charge is 2.43. The zero-order valence-corrected chi connectivity index (χ0v) is 12.4. The molecule has 1 aromatic carbocycles. The van der Waals surface area contributed by atoms with Gasteiger partial charge in [-0.3, -0.25) is 14.4 Å². The van der Waals surface area contributed by atoms with E-state index in [1.54, 1.807) is 37.3 Å². The lowest BCUT2D eigenvalue weighted by atomic mass is 9.97. The molecule has 0 spiro atoms. The molecule has 22 heavy (non-hydrogen) atoms. The van der Waals surface area contributed by atoms with Crippen molar-refractivity contribution in [3.63, 3.8) is 0 Å². The number of esters is 1. The van der Waals surface area contributed by atoms with Gasteiger partial charge in [0.1, 0.15) is 6.54 Å². The summed E-state index contributed by atoms with van der Waals surface area (Å²) >= 11 is 0. The van der Waals surface area contributed by atoms with Crippen molar-refractivity contribution >= 4 is 17.7 Å². The number of amides is 1.